The van der Waals surface area contributed by atoms with Gasteiger partial charge in [0.15, 0.2) is 0 Å². The first-order valence-corrected chi connectivity index (χ1v) is 6.16. The summed E-state index contributed by atoms with van der Waals surface area (Å²) >= 11 is 0. The molecular weight excluding hydrogens is 231 g/mol. The average molecular weight is 248 g/mol. The molecule has 0 amide bonds. The third-order valence-electron chi connectivity index (χ3n) is 3.56. The van der Waals surface area contributed by atoms with Crippen LogP contribution in [0.5, 0.6) is 0 Å². The number of aryl methyl sites for hydroxylation is 1. The molecule has 0 aromatic heterocycles. The fourth-order valence-corrected chi connectivity index (χ4v) is 2.49. The second-order valence-corrected chi connectivity index (χ2v) is 4.82. The number of carbonyl (C=O) groups is 1. The van der Waals surface area contributed by atoms with Gasteiger partial charge in [-0.1, -0.05) is 19.6 Å². The van der Waals surface area contributed by atoms with Crippen LogP contribution in [0.4, 0.5) is 4.39 Å². The van der Waals surface area contributed by atoms with Gasteiger partial charge in [0.05, 0.1) is 0 Å². The van der Waals surface area contributed by atoms with Gasteiger partial charge in [0.2, 0.25) is 0 Å². The Labute approximate surface area is 106 Å². The molecule has 1 aromatic rings. The maximum absolute atomic E-state index is 13.2. The molecule has 2 nitrogen and oxygen atoms in total. The van der Waals surface area contributed by atoms with E-state index in [0.717, 1.165) is 17.5 Å². The summed E-state index contributed by atoms with van der Waals surface area (Å²) < 4.78 is 18.8. The van der Waals surface area contributed by atoms with E-state index in [1.807, 2.05) is 6.92 Å². The van der Waals surface area contributed by atoms with Crippen molar-refractivity contribution in [3.63, 3.8) is 0 Å². The molecule has 0 fully saturated rings. The number of hydrogen-bond donors (Lipinski definition) is 0. The van der Waals surface area contributed by atoms with Gasteiger partial charge in [-0.05, 0) is 49.4 Å². The van der Waals surface area contributed by atoms with Crippen LogP contribution >= 0.6 is 0 Å². The largest absolute Gasteiger partial charge is 0.451 e. The predicted molar refractivity (Wildman–Crippen MR) is 67.6 cm³/mol. The van der Waals surface area contributed by atoms with Crippen LogP contribution in [0.15, 0.2) is 30.4 Å². The quantitative estimate of drug-likeness (QED) is 0.604. The Morgan fingerprint density at radius 2 is 2.28 bits per heavy atom. The summed E-state index contributed by atoms with van der Waals surface area (Å²) in [6.45, 7) is 7.21. The van der Waals surface area contributed by atoms with Crippen molar-refractivity contribution >= 4 is 5.97 Å². The fourth-order valence-electron chi connectivity index (χ4n) is 2.49. The van der Waals surface area contributed by atoms with Crippen molar-refractivity contribution in [3.05, 3.63) is 47.3 Å². The lowest BCUT2D eigenvalue weighted by atomic mass is 9.92. The first-order valence-electron chi connectivity index (χ1n) is 6.16. The van der Waals surface area contributed by atoms with Crippen LogP contribution in [0, 0.1) is 5.82 Å². The lowest BCUT2D eigenvalue weighted by molar-refractivity contribution is -0.156. The zero-order chi connectivity index (χ0) is 13.3. The molecule has 0 saturated heterocycles. The van der Waals surface area contributed by atoms with Crippen molar-refractivity contribution < 1.29 is 13.9 Å². The molecule has 2 rings (SSSR count). The summed E-state index contributed by atoms with van der Waals surface area (Å²) in [7, 11) is 0. The predicted octanol–water partition coefficient (Wildman–Crippen LogP) is 3.50. The Kier molecular flexibility index (Phi) is 3.24. The lowest BCUT2D eigenvalue weighted by Gasteiger charge is -2.29. The number of halogens is 1. The normalized spacial score (nSPS) is 21.5. The first kappa shape index (κ1) is 12.8. The van der Waals surface area contributed by atoms with E-state index in [0.29, 0.717) is 18.4 Å². The van der Waals surface area contributed by atoms with Gasteiger partial charge in [0.25, 0.3) is 0 Å². The number of rotatable bonds is 3. The average Bonchev–Trinajstić information content (AvgIpc) is 2.68. The maximum atomic E-state index is 13.2. The summed E-state index contributed by atoms with van der Waals surface area (Å²) in [5.74, 6) is -0.624. The molecule has 0 radical (unpaired) electrons. The lowest BCUT2D eigenvalue weighted by Crippen LogP contribution is -2.29. The third-order valence-corrected chi connectivity index (χ3v) is 3.56. The minimum Gasteiger partial charge on any atom is -0.451 e. The number of benzene rings is 1. The number of ether oxygens (including phenoxy) is 1. The zero-order valence-corrected chi connectivity index (χ0v) is 10.8. The summed E-state index contributed by atoms with van der Waals surface area (Å²) in [6, 6.07) is 4.68. The highest BCUT2D eigenvalue weighted by molar-refractivity contribution is 5.87. The maximum Gasteiger partial charge on any atom is 0.333 e. The Bertz CT molecular complexity index is 507. The van der Waals surface area contributed by atoms with E-state index in [4.69, 9.17) is 4.74 Å². The van der Waals surface area contributed by atoms with Crippen LogP contribution < -0.4 is 0 Å². The van der Waals surface area contributed by atoms with Crippen molar-refractivity contribution in [2.75, 3.05) is 0 Å². The molecule has 0 aliphatic heterocycles. The smallest absolute Gasteiger partial charge is 0.333 e. The van der Waals surface area contributed by atoms with Crippen LogP contribution in [0.3, 0.4) is 0 Å². The van der Waals surface area contributed by atoms with Crippen LogP contribution in [-0.2, 0) is 21.6 Å². The molecule has 1 aromatic carbocycles. The second-order valence-electron chi connectivity index (χ2n) is 4.82. The van der Waals surface area contributed by atoms with Crippen LogP contribution in [0.2, 0.25) is 0 Å². The van der Waals surface area contributed by atoms with E-state index in [1.54, 1.807) is 13.0 Å². The molecular formula is C15H17FO2. The standard InChI is InChI=1S/C15H17FO2/c1-4-15(18-14(17)10(2)3)8-7-11-9-12(16)5-6-13(11)15/h5-6,9H,2,4,7-8H2,1,3H3. The molecule has 18 heavy (non-hydrogen) atoms. The summed E-state index contributed by atoms with van der Waals surface area (Å²) in [6.07, 6.45) is 2.14. The van der Waals surface area contributed by atoms with Crippen LogP contribution in [0.1, 0.15) is 37.8 Å². The highest BCUT2D eigenvalue weighted by Gasteiger charge is 2.40. The molecule has 0 bridgehead atoms. The summed E-state index contributed by atoms with van der Waals surface area (Å²) in [4.78, 5) is 11.7. The molecule has 1 aliphatic rings. The number of esters is 1. The van der Waals surface area contributed by atoms with E-state index < -0.39 is 5.60 Å². The highest BCUT2D eigenvalue weighted by atomic mass is 19.1. The minimum atomic E-state index is -0.612. The van der Waals surface area contributed by atoms with Crippen LogP contribution in [-0.4, -0.2) is 5.97 Å². The van der Waals surface area contributed by atoms with Gasteiger partial charge >= 0.3 is 5.97 Å². The van der Waals surface area contributed by atoms with Gasteiger partial charge in [-0.15, -0.1) is 0 Å². The Morgan fingerprint density at radius 1 is 1.56 bits per heavy atom. The number of hydrogen-bond acceptors (Lipinski definition) is 2. The summed E-state index contributed by atoms with van der Waals surface area (Å²) in [5, 5.41) is 0. The van der Waals surface area contributed by atoms with E-state index >= 15 is 0 Å². The van der Waals surface area contributed by atoms with Gasteiger partial charge < -0.3 is 4.74 Å². The van der Waals surface area contributed by atoms with Gasteiger partial charge in [0, 0.05) is 5.57 Å². The SMILES string of the molecule is C=C(C)C(=O)OC1(CC)CCc2cc(F)ccc21. The molecule has 96 valence electrons. The Morgan fingerprint density at radius 3 is 2.89 bits per heavy atom. The summed E-state index contributed by atoms with van der Waals surface area (Å²) in [5.41, 5.74) is 1.64. The minimum absolute atomic E-state index is 0.244. The van der Waals surface area contributed by atoms with E-state index in [2.05, 4.69) is 6.58 Å². The molecule has 0 spiro atoms. The highest BCUT2D eigenvalue weighted by Crippen LogP contribution is 2.43. The second kappa shape index (κ2) is 4.56. The van der Waals surface area contributed by atoms with Gasteiger partial charge in [-0.25, -0.2) is 9.18 Å². The van der Waals surface area contributed by atoms with E-state index in [9.17, 15) is 9.18 Å². The van der Waals surface area contributed by atoms with E-state index in [-0.39, 0.29) is 11.8 Å². The van der Waals surface area contributed by atoms with Gasteiger partial charge in [0.1, 0.15) is 11.4 Å². The number of fused-ring (bicyclic) bond motifs is 1. The fraction of sp³-hybridized carbons (Fsp3) is 0.400. The van der Waals surface area contributed by atoms with Crippen molar-refractivity contribution in [2.24, 2.45) is 0 Å². The molecule has 0 heterocycles. The topological polar surface area (TPSA) is 26.3 Å². The molecule has 1 atom stereocenters. The van der Waals surface area contributed by atoms with Gasteiger partial charge in [-0.2, -0.15) is 0 Å². The molecule has 1 aliphatic carbocycles. The molecule has 0 N–H and O–H groups in total. The van der Waals surface area contributed by atoms with E-state index in [1.165, 1.54) is 12.1 Å². The molecule has 3 heteroatoms. The van der Waals surface area contributed by atoms with Crippen LogP contribution in [0.25, 0.3) is 0 Å². The Hall–Kier alpha value is -1.64. The Balaban J connectivity index is 2.37. The van der Waals surface area contributed by atoms with Crippen molar-refractivity contribution in [2.45, 2.75) is 38.7 Å². The van der Waals surface area contributed by atoms with Crippen molar-refractivity contribution in [1.29, 1.82) is 0 Å². The molecule has 1 unspecified atom stereocenters. The van der Waals surface area contributed by atoms with Gasteiger partial charge in [-0.3, -0.25) is 0 Å². The first-order chi connectivity index (χ1) is 8.48. The molecule has 0 saturated carbocycles. The van der Waals surface area contributed by atoms with Crippen molar-refractivity contribution in [3.8, 4) is 0 Å². The number of carbonyl (C=O) groups excluding carboxylic acids is 1. The zero-order valence-electron chi connectivity index (χ0n) is 10.8. The monoisotopic (exact) mass is 248 g/mol. The van der Waals surface area contributed by atoms with Crippen molar-refractivity contribution in [1.82, 2.24) is 0 Å². The third kappa shape index (κ3) is 2.05.